The first-order valence-corrected chi connectivity index (χ1v) is 10.4. The second-order valence-electron chi connectivity index (χ2n) is 8.51. The van der Waals surface area contributed by atoms with Crippen molar-refractivity contribution in [3.05, 3.63) is 60.3 Å². The van der Waals surface area contributed by atoms with Crippen LogP contribution in [-0.4, -0.2) is 34.0 Å². The Morgan fingerprint density at radius 3 is 2.55 bits per heavy atom. The number of amides is 2. The van der Waals surface area contributed by atoms with Crippen LogP contribution in [0.15, 0.2) is 54.7 Å². The molecule has 2 aromatic carbocycles. The third-order valence-electron chi connectivity index (χ3n) is 5.22. The number of nitrogens with zero attached hydrogens (tertiary/aromatic N) is 2. The van der Waals surface area contributed by atoms with E-state index in [1.807, 2.05) is 76.2 Å². The number of hydrogen-bond acceptors (Lipinski definition) is 5. The van der Waals surface area contributed by atoms with E-state index < -0.39 is 11.6 Å². The van der Waals surface area contributed by atoms with Gasteiger partial charge in [0.15, 0.2) is 0 Å². The third kappa shape index (κ3) is 5.17. The number of urea groups is 1. The zero-order valence-electron chi connectivity index (χ0n) is 18.6. The number of nitrogens with one attached hydrogen (secondary N) is 1. The van der Waals surface area contributed by atoms with Gasteiger partial charge in [0.05, 0.1) is 28.6 Å². The normalized spacial score (nSPS) is 11.5. The van der Waals surface area contributed by atoms with Crippen molar-refractivity contribution in [3.8, 4) is 5.75 Å². The fraction of sp³-hybridized carbons (Fsp3) is 0.333. The first-order chi connectivity index (χ1) is 14.7. The Balaban J connectivity index is 1.80. The van der Waals surface area contributed by atoms with Gasteiger partial charge in [-0.05, 0) is 45.4 Å². The molecule has 164 valence electrons. The molecule has 0 spiro atoms. The standard InChI is InChI=1S/C24H31N5O2/c1-16(2)29(23(26)30)24(3,4)15-28-22-19-11-10-18(12-21(19)27-13-20(22)25)31-14-17-8-6-5-7-9-17/h5-13,16H,14-15,25H2,1-4H3,(H2,26,30)(H,27,28). The number of carbonyl (C=O) groups is 1. The van der Waals surface area contributed by atoms with Gasteiger partial charge < -0.3 is 26.4 Å². The Morgan fingerprint density at radius 1 is 1.19 bits per heavy atom. The molecule has 1 aromatic heterocycles. The van der Waals surface area contributed by atoms with Gasteiger partial charge >= 0.3 is 6.03 Å². The minimum atomic E-state index is -0.513. The maximum atomic E-state index is 12.0. The number of aromatic nitrogens is 1. The van der Waals surface area contributed by atoms with Gasteiger partial charge in [0.2, 0.25) is 0 Å². The average molecular weight is 422 g/mol. The summed E-state index contributed by atoms with van der Waals surface area (Å²) in [4.78, 5) is 18.1. The fourth-order valence-electron chi connectivity index (χ4n) is 3.86. The summed E-state index contributed by atoms with van der Waals surface area (Å²) in [5, 5.41) is 4.30. The second-order valence-corrected chi connectivity index (χ2v) is 8.51. The zero-order chi connectivity index (χ0) is 22.6. The molecular formula is C24H31N5O2. The van der Waals surface area contributed by atoms with Crippen molar-refractivity contribution < 1.29 is 9.53 Å². The van der Waals surface area contributed by atoms with Crippen molar-refractivity contribution in [2.75, 3.05) is 17.6 Å². The van der Waals surface area contributed by atoms with E-state index in [1.54, 1.807) is 11.1 Å². The lowest BCUT2D eigenvalue weighted by molar-refractivity contribution is 0.125. The summed E-state index contributed by atoms with van der Waals surface area (Å²) in [7, 11) is 0. The largest absolute Gasteiger partial charge is 0.489 e. The SMILES string of the molecule is CC(C)N(C(N)=O)C(C)(C)CNc1c(N)cnc2cc(OCc3ccccc3)ccc12. The summed E-state index contributed by atoms with van der Waals surface area (Å²) >= 11 is 0. The van der Waals surface area contributed by atoms with E-state index in [4.69, 9.17) is 16.2 Å². The first kappa shape index (κ1) is 22.2. The Morgan fingerprint density at radius 2 is 1.90 bits per heavy atom. The number of fused-ring (bicyclic) bond motifs is 1. The van der Waals surface area contributed by atoms with E-state index in [0.717, 1.165) is 27.9 Å². The van der Waals surface area contributed by atoms with E-state index in [2.05, 4.69) is 10.3 Å². The van der Waals surface area contributed by atoms with Crippen LogP contribution in [0.1, 0.15) is 33.3 Å². The number of benzene rings is 2. The lowest BCUT2D eigenvalue weighted by Gasteiger charge is -2.40. The van der Waals surface area contributed by atoms with E-state index in [9.17, 15) is 4.79 Å². The van der Waals surface area contributed by atoms with Crippen LogP contribution in [0.5, 0.6) is 5.75 Å². The molecule has 0 aliphatic heterocycles. The van der Waals surface area contributed by atoms with Crippen molar-refractivity contribution in [1.82, 2.24) is 9.88 Å². The number of pyridine rings is 1. The molecular weight excluding hydrogens is 390 g/mol. The van der Waals surface area contributed by atoms with Crippen molar-refractivity contribution in [2.24, 2.45) is 5.73 Å². The number of anilines is 2. The van der Waals surface area contributed by atoms with Crippen LogP contribution in [0, 0.1) is 0 Å². The Hall–Kier alpha value is -3.48. The van der Waals surface area contributed by atoms with Crippen LogP contribution in [0.25, 0.3) is 10.9 Å². The van der Waals surface area contributed by atoms with Crippen LogP contribution >= 0.6 is 0 Å². The van der Waals surface area contributed by atoms with Gasteiger partial charge in [-0.15, -0.1) is 0 Å². The highest BCUT2D eigenvalue weighted by Gasteiger charge is 2.31. The fourth-order valence-corrected chi connectivity index (χ4v) is 3.86. The van der Waals surface area contributed by atoms with E-state index >= 15 is 0 Å². The van der Waals surface area contributed by atoms with Crippen molar-refractivity contribution in [2.45, 2.75) is 45.9 Å². The van der Waals surface area contributed by atoms with Gasteiger partial charge in [0, 0.05) is 24.0 Å². The molecule has 0 saturated heterocycles. The summed E-state index contributed by atoms with van der Waals surface area (Å²) in [5.41, 5.74) is 14.5. The van der Waals surface area contributed by atoms with Gasteiger partial charge in [0.1, 0.15) is 12.4 Å². The first-order valence-electron chi connectivity index (χ1n) is 10.4. The molecule has 7 nitrogen and oxygen atoms in total. The Bertz CT molecular complexity index is 1050. The van der Waals surface area contributed by atoms with Crippen LogP contribution in [0.3, 0.4) is 0 Å². The predicted octanol–water partition coefficient (Wildman–Crippen LogP) is 4.38. The van der Waals surface area contributed by atoms with Crippen LogP contribution in [0.2, 0.25) is 0 Å². The summed E-state index contributed by atoms with van der Waals surface area (Å²) in [5.74, 6) is 0.736. The van der Waals surface area contributed by atoms with Gasteiger partial charge in [-0.3, -0.25) is 4.98 Å². The zero-order valence-corrected chi connectivity index (χ0v) is 18.6. The number of primary amides is 1. The summed E-state index contributed by atoms with van der Waals surface area (Å²) < 4.78 is 5.92. The molecule has 0 saturated carbocycles. The van der Waals surface area contributed by atoms with E-state index in [0.29, 0.717) is 18.8 Å². The molecule has 0 radical (unpaired) electrons. The van der Waals surface area contributed by atoms with Gasteiger partial charge in [0.25, 0.3) is 0 Å². The minimum absolute atomic E-state index is 0.0230. The number of nitrogen functional groups attached to an aromatic ring is 1. The predicted molar refractivity (Wildman–Crippen MR) is 126 cm³/mol. The lowest BCUT2D eigenvalue weighted by atomic mass is 10.0. The maximum Gasteiger partial charge on any atom is 0.315 e. The molecule has 0 aliphatic rings. The molecule has 7 heteroatoms. The molecule has 0 fully saturated rings. The Kier molecular flexibility index (Phi) is 6.53. The molecule has 0 aliphatic carbocycles. The number of hydrogen-bond donors (Lipinski definition) is 3. The number of ether oxygens (including phenoxy) is 1. The molecule has 2 amide bonds. The van der Waals surface area contributed by atoms with Crippen LogP contribution in [-0.2, 0) is 6.61 Å². The van der Waals surface area contributed by atoms with Crippen LogP contribution < -0.4 is 21.5 Å². The van der Waals surface area contributed by atoms with Crippen LogP contribution in [0.4, 0.5) is 16.2 Å². The molecule has 5 N–H and O–H groups in total. The molecule has 3 aromatic rings. The number of rotatable bonds is 8. The average Bonchev–Trinajstić information content (AvgIpc) is 2.71. The third-order valence-corrected chi connectivity index (χ3v) is 5.22. The maximum absolute atomic E-state index is 12.0. The number of carbonyl (C=O) groups excluding carboxylic acids is 1. The lowest BCUT2D eigenvalue weighted by Crippen LogP contribution is -2.56. The summed E-state index contributed by atoms with van der Waals surface area (Å²) in [6.07, 6.45) is 1.63. The molecule has 31 heavy (non-hydrogen) atoms. The van der Waals surface area contributed by atoms with E-state index in [-0.39, 0.29) is 6.04 Å². The topological polar surface area (TPSA) is 106 Å². The van der Waals surface area contributed by atoms with Gasteiger partial charge in [-0.2, -0.15) is 0 Å². The van der Waals surface area contributed by atoms with Gasteiger partial charge in [-0.25, -0.2) is 4.79 Å². The smallest absolute Gasteiger partial charge is 0.315 e. The molecule has 3 rings (SSSR count). The van der Waals surface area contributed by atoms with Crippen molar-refractivity contribution in [3.63, 3.8) is 0 Å². The second kappa shape index (κ2) is 9.12. The Labute approximate surface area is 183 Å². The summed E-state index contributed by atoms with van der Waals surface area (Å²) in [6, 6.07) is 15.3. The quantitative estimate of drug-likeness (QED) is 0.500. The molecule has 1 heterocycles. The van der Waals surface area contributed by atoms with Crippen molar-refractivity contribution in [1.29, 1.82) is 0 Å². The highest BCUT2D eigenvalue weighted by molar-refractivity contribution is 5.97. The summed E-state index contributed by atoms with van der Waals surface area (Å²) in [6.45, 7) is 8.79. The minimum Gasteiger partial charge on any atom is -0.489 e. The highest BCUT2D eigenvalue weighted by Crippen LogP contribution is 2.31. The number of nitrogens with two attached hydrogens (primary N) is 2. The molecule has 0 unspecified atom stereocenters. The van der Waals surface area contributed by atoms with E-state index in [1.165, 1.54) is 0 Å². The van der Waals surface area contributed by atoms with Crippen molar-refractivity contribution >= 4 is 28.3 Å². The van der Waals surface area contributed by atoms with Gasteiger partial charge in [-0.1, -0.05) is 30.3 Å². The molecule has 0 bridgehead atoms. The molecule has 0 atom stereocenters. The highest BCUT2D eigenvalue weighted by atomic mass is 16.5. The monoisotopic (exact) mass is 421 g/mol.